The fourth-order valence-electron chi connectivity index (χ4n) is 2.94. The molecule has 0 saturated heterocycles. The first-order valence-corrected chi connectivity index (χ1v) is 11.7. The Bertz CT molecular complexity index is 1290. The molecule has 0 aliphatic rings. The Morgan fingerprint density at radius 2 is 1.88 bits per heavy atom. The summed E-state index contributed by atoms with van der Waals surface area (Å²) < 4.78 is 42.0. The third-order valence-electron chi connectivity index (χ3n) is 4.42. The van der Waals surface area contributed by atoms with Gasteiger partial charge in [0.15, 0.2) is 10.0 Å². The Kier molecular flexibility index (Phi) is 6.73. The number of amides is 1. The lowest BCUT2D eigenvalue weighted by molar-refractivity contribution is -0.141. The summed E-state index contributed by atoms with van der Waals surface area (Å²) >= 11 is 8.98. The molecule has 4 aromatic rings. The number of carbonyl (C=O) groups excluding carboxylic acids is 1. The molecule has 0 fully saturated rings. The molecule has 0 saturated carbocycles. The standard InChI is InChI=1S/C21H15ClF3N5OS2/c1-2-32-20-28-27-19(33-20)26-18(31)13-9-7-12(8-10-13)16-11-17(21(23,24)25)29-30(16)15-6-4-3-5-14(15)22/h3-11H,2H2,1H3,(H,26,27,31). The van der Waals surface area contributed by atoms with Crippen molar-refractivity contribution in [1.82, 2.24) is 20.0 Å². The number of benzene rings is 2. The molecule has 33 heavy (non-hydrogen) atoms. The molecule has 2 aromatic heterocycles. The van der Waals surface area contributed by atoms with E-state index in [2.05, 4.69) is 20.6 Å². The molecular weight excluding hydrogens is 495 g/mol. The van der Waals surface area contributed by atoms with Gasteiger partial charge in [0.2, 0.25) is 5.13 Å². The van der Waals surface area contributed by atoms with E-state index in [0.717, 1.165) is 20.8 Å². The zero-order valence-corrected chi connectivity index (χ0v) is 19.3. The van der Waals surface area contributed by atoms with E-state index in [1.807, 2.05) is 6.92 Å². The van der Waals surface area contributed by atoms with Crippen LogP contribution < -0.4 is 5.32 Å². The van der Waals surface area contributed by atoms with Gasteiger partial charge in [-0.3, -0.25) is 10.1 Å². The molecule has 2 aromatic carbocycles. The summed E-state index contributed by atoms with van der Waals surface area (Å²) in [6, 6.07) is 13.6. The van der Waals surface area contributed by atoms with Crippen molar-refractivity contribution in [3.05, 3.63) is 70.9 Å². The van der Waals surface area contributed by atoms with Crippen molar-refractivity contribution < 1.29 is 18.0 Å². The number of nitrogens with one attached hydrogen (secondary N) is 1. The molecule has 0 unspecified atom stereocenters. The Balaban J connectivity index is 1.63. The van der Waals surface area contributed by atoms with Gasteiger partial charge >= 0.3 is 6.18 Å². The summed E-state index contributed by atoms with van der Waals surface area (Å²) in [4.78, 5) is 12.5. The Hall–Kier alpha value is -2.89. The highest BCUT2D eigenvalue weighted by Gasteiger charge is 2.35. The maximum atomic E-state index is 13.4. The minimum atomic E-state index is -4.63. The molecule has 4 rings (SSSR count). The number of hydrogen-bond donors (Lipinski definition) is 1. The summed E-state index contributed by atoms with van der Waals surface area (Å²) in [6.45, 7) is 1.99. The van der Waals surface area contributed by atoms with Crippen LogP contribution in [0.4, 0.5) is 18.3 Å². The highest BCUT2D eigenvalue weighted by molar-refractivity contribution is 8.01. The van der Waals surface area contributed by atoms with E-state index in [-0.39, 0.29) is 10.7 Å². The fraction of sp³-hybridized carbons (Fsp3) is 0.143. The quantitative estimate of drug-likeness (QED) is 0.239. The Labute approximate surface area is 199 Å². The van der Waals surface area contributed by atoms with Gasteiger partial charge in [-0.25, -0.2) is 4.68 Å². The molecule has 1 amide bonds. The SMILES string of the molecule is CCSc1nnc(NC(=O)c2ccc(-c3cc(C(F)(F)F)nn3-c3ccccc3Cl)cc2)s1. The van der Waals surface area contributed by atoms with Crippen molar-refractivity contribution in [2.75, 3.05) is 11.1 Å². The van der Waals surface area contributed by atoms with Crippen LogP contribution in [0.15, 0.2) is 58.9 Å². The number of rotatable bonds is 6. The topological polar surface area (TPSA) is 72.7 Å². The predicted octanol–water partition coefficient (Wildman–Crippen LogP) is 6.43. The van der Waals surface area contributed by atoms with Crippen LogP contribution in [0.25, 0.3) is 16.9 Å². The summed E-state index contributed by atoms with van der Waals surface area (Å²) in [5.74, 6) is 0.437. The number of thioether (sulfide) groups is 1. The second kappa shape index (κ2) is 9.54. The number of anilines is 1. The van der Waals surface area contributed by atoms with Gasteiger partial charge in [0.25, 0.3) is 5.91 Å². The molecule has 0 atom stereocenters. The first kappa shape index (κ1) is 23.3. The highest BCUT2D eigenvalue weighted by atomic mass is 35.5. The number of para-hydroxylation sites is 1. The van der Waals surface area contributed by atoms with E-state index in [0.29, 0.717) is 21.9 Å². The Morgan fingerprint density at radius 3 is 2.55 bits per heavy atom. The van der Waals surface area contributed by atoms with E-state index in [4.69, 9.17) is 11.6 Å². The van der Waals surface area contributed by atoms with Gasteiger partial charge in [-0.05, 0) is 36.1 Å². The number of alkyl halides is 3. The third kappa shape index (κ3) is 5.21. The van der Waals surface area contributed by atoms with Gasteiger partial charge in [0.05, 0.1) is 16.4 Å². The smallest absolute Gasteiger partial charge is 0.296 e. The van der Waals surface area contributed by atoms with Crippen molar-refractivity contribution in [3.63, 3.8) is 0 Å². The maximum absolute atomic E-state index is 13.4. The lowest BCUT2D eigenvalue weighted by atomic mass is 10.1. The van der Waals surface area contributed by atoms with Gasteiger partial charge in [-0.2, -0.15) is 18.3 Å². The molecule has 12 heteroatoms. The number of carbonyl (C=O) groups is 1. The minimum absolute atomic E-state index is 0.188. The molecule has 0 aliphatic heterocycles. The summed E-state index contributed by atoms with van der Waals surface area (Å²) in [5, 5.41) is 14.9. The molecule has 170 valence electrons. The van der Waals surface area contributed by atoms with E-state index < -0.39 is 17.8 Å². The lowest BCUT2D eigenvalue weighted by Crippen LogP contribution is -2.11. The zero-order chi connectivity index (χ0) is 23.6. The fourth-order valence-corrected chi connectivity index (χ4v) is 4.80. The van der Waals surface area contributed by atoms with Gasteiger partial charge in [0, 0.05) is 11.1 Å². The largest absolute Gasteiger partial charge is 0.435 e. The summed E-state index contributed by atoms with van der Waals surface area (Å²) in [5.41, 5.74) is 0.207. The van der Waals surface area contributed by atoms with E-state index in [1.54, 1.807) is 36.4 Å². The number of aromatic nitrogens is 4. The molecule has 2 heterocycles. The van der Waals surface area contributed by atoms with Crippen molar-refractivity contribution in [2.24, 2.45) is 0 Å². The van der Waals surface area contributed by atoms with Crippen LogP contribution in [0, 0.1) is 0 Å². The molecule has 1 N–H and O–H groups in total. The number of nitrogens with zero attached hydrogens (tertiary/aromatic N) is 4. The third-order valence-corrected chi connectivity index (χ3v) is 6.59. The van der Waals surface area contributed by atoms with Crippen LogP contribution in [-0.4, -0.2) is 31.6 Å². The molecule has 0 aliphatic carbocycles. The summed E-state index contributed by atoms with van der Waals surface area (Å²) in [6.07, 6.45) is -4.63. The zero-order valence-electron chi connectivity index (χ0n) is 16.9. The monoisotopic (exact) mass is 509 g/mol. The normalized spacial score (nSPS) is 11.5. The molecule has 0 bridgehead atoms. The van der Waals surface area contributed by atoms with Crippen molar-refractivity contribution in [2.45, 2.75) is 17.4 Å². The maximum Gasteiger partial charge on any atom is 0.435 e. The average Bonchev–Trinajstić information content (AvgIpc) is 3.42. The van der Waals surface area contributed by atoms with Crippen molar-refractivity contribution in [1.29, 1.82) is 0 Å². The number of halogens is 4. The van der Waals surface area contributed by atoms with E-state index >= 15 is 0 Å². The lowest BCUT2D eigenvalue weighted by Gasteiger charge is -2.10. The van der Waals surface area contributed by atoms with Gasteiger partial charge in [0.1, 0.15) is 0 Å². The summed E-state index contributed by atoms with van der Waals surface area (Å²) in [7, 11) is 0. The molecular formula is C21H15ClF3N5OS2. The van der Waals surface area contributed by atoms with Crippen LogP contribution in [0.2, 0.25) is 5.02 Å². The average molecular weight is 510 g/mol. The van der Waals surface area contributed by atoms with Gasteiger partial charge < -0.3 is 0 Å². The van der Waals surface area contributed by atoms with Crippen molar-refractivity contribution in [3.8, 4) is 16.9 Å². The van der Waals surface area contributed by atoms with Crippen LogP contribution in [-0.2, 0) is 6.18 Å². The second-order valence-electron chi connectivity index (χ2n) is 6.61. The first-order valence-electron chi connectivity index (χ1n) is 9.56. The van der Waals surface area contributed by atoms with E-state index in [9.17, 15) is 18.0 Å². The van der Waals surface area contributed by atoms with Crippen LogP contribution >= 0.6 is 34.7 Å². The predicted molar refractivity (Wildman–Crippen MR) is 123 cm³/mol. The van der Waals surface area contributed by atoms with Crippen LogP contribution in [0.1, 0.15) is 23.0 Å². The molecule has 6 nitrogen and oxygen atoms in total. The second-order valence-corrected chi connectivity index (χ2v) is 9.51. The highest BCUT2D eigenvalue weighted by Crippen LogP contribution is 2.34. The van der Waals surface area contributed by atoms with Crippen LogP contribution in [0.3, 0.4) is 0 Å². The van der Waals surface area contributed by atoms with Crippen LogP contribution in [0.5, 0.6) is 0 Å². The van der Waals surface area contributed by atoms with Gasteiger partial charge in [-0.15, -0.1) is 10.2 Å². The van der Waals surface area contributed by atoms with Gasteiger partial charge in [-0.1, -0.05) is 65.9 Å². The molecule has 0 radical (unpaired) electrons. The molecule has 0 spiro atoms. The first-order chi connectivity index (χ1) is 15.8. The van der Waals surface area contributed by atoms with Crippen molar-refractivity contribution >= 4 is 45.7 Å². The number of hydrogen-bond acceptors (Lipinski definition) is 6. The Morgan fingerprint density at radius 1 is 1.15 bits per heavy atom. The van der Waals surface area contributed by atoms with E-state index in [1.165, 1.54) is 35.2 Å². The minimum Gasteiger partial charge on any atom is -0.296 e.